The zero-order chi connectivity index (χ0) is 15.5. The number of nitrogens with zero attached hydrogens (tertiary/aromatic N) is 1. The van der Waals surface area contributed by atoms with E-state index in [4.69, 9.17) is 11.6 Å². The average molecular weight is 308 g/mol. The predicted molar refractivity (Wildman–Crippen MR) is 87.3 cm³/mol. The molecule has 0 heterocycles. The van der Waals surface area contributed by atoms with Gasteiger partial charge in [0.25, 0.3) is 0 Å². The highest BCUT2D eigenvalue weighted by Crippen LogP contribution is 2.08. The Morgan fingerprint density at radius 1 is 1.14 bits per heavy atom. The lowest BCUT2D eigenvalue weighted by atomic mass is 10.2. The standard InChI is InChI=1S/C16H22ClN3O/c1-3-20(4-2)12-6-5-11-18-16(21)19-13-14-7-9-15(17)10-8-14/h7-10H,3-4,11-13H2,1-2H3,(H2,18,19,21). The Labute approximate surface area is 131 Å². The molecular formula is C16H22ClN3O. The van der Waals surface area contributed by atoms with Gasteiger partial charge in [-0.1, -0.05) is 49.4 Å². The van der Waals surface area contributed by atoms with Gasteiger partial charge in [-0.05, 0) is 30.8 Å². The molecule has 0 aliphatic rings. The van der Waals surface area contributed by atoms with Crippen LogP contribution in [-0.4, -0.2) is 37.1 Å². The molecule has 0 aliphatic heterocycles. The van der Waals surface area contributed by atoms with Crippen molar-refractivity contribution < 1.29 is 4.79 Å². The van der Waals surface area contributed by atoms with Crippen LogP contribution in [0.4, 0.5) is 4.79 Å². The molecule has 0 saturated heterocycles. The fourth-order valence-corrected chi connectivity index (χ4v) is 1.77. The van der Waals surface area contributed by atoms with Gasteiger partial charge < -0.3 is 10.6 Å². The van der Waals surface area contributed by atoms with Crippen LogP contribution >= 0.6 is 11.6 Å². The number of carbonyl (C=O) groups is 1. The van der Waals surface area contributed by atoms with Gasteiger partial charge in [0.15, 0.2) is 0 Å². The molecule has 0 atom stereocenters. The third-order valence-corrected chi connectivity index (χ3v) is 3.28. The van der Waals surface area contributed by atoms with Gasteiger partial charge in [-0.2, -0.15) is 0 Å². The van der Waals surface area contributed by atoms with Crippen LogP contribution in [0.3, 0.4) is 0 Å². The van der Waals surface area contributed by atoms with Crippen LogP contribution in [0.1, 0.15) is 19.4 Å². The number of benzene rings is 1. The summed E-state index contributed by atoms with van der Waals surface area (Å²) < 4.78 is 0. The van der Waals surface area contributed by atoms with Crippen molar-refractivity contribution in [3.8, 4) is 11.8 Å². The highest BCUT2D eigenvalue weighted by Gasteiger charge is 1.98. The minimum atomic E-state index is -0.220. The highest BCUT2D eigenvalue weighted by molar-refractivity contribution is 6.30. The van der Waals surface area contributed by atoms with Crippen LogP contribution in [0.2, 0.25) is 5.02 Å². The Hall–Kier alpha value is -1.70. The molecule has 21 heavy (non-hydrogen) atoms. The topological polar surface area (TPSA) is 44.4 Å². The van der Waals surface area contributed by atoms with Gasteiger partial charge in [-0.15, -0.1) is 0 Å². The number of carbonyl (C=O) groups excluding carboxylic acids is 1. The lowest BCUT2D eigenvalue weighted by Gasteiger charge is -2.13. The van der Waals surface area contributed by atoms with E-state index in [0.29, 0.717) is 18.1 Å². The first-order valence-corrected chi connectivity index (χ1v) is 7.47. The lowest BCUT2D eigenvalue weighted by molar-refractivity contribution is 0.241. The summed E-state index contributed by atoms with van der Waals surface area (Å²) in [6, 6.07) is 7.14. The van der Waals surface area contributed by atoms with Crippen molar-refractivity contribution >= 4 is 17.6 Å². The zero-order valence-corrected chi connectivity index (χ0v) is 13.3. The number of rotatable bonds is 6. The molecule has 0 aromatic heterocycles. The average Bonchev–Trinajstić information content (AvgIpc) is 2.50. The molecule has 1 aromatic carbocycles. The maximum Gasteiger partial charge on any atom is 0.315 e. The summed E-state index contributed by atoms with van der Waals surface area (Å²) in [7, 11) is 0. The summed E-state index contributed by atoms with van der Waals surface area (Å²) >= 11 is 5.80. The number of urea groups is 1. The molecule has 4 nitrogen and oxygen atoms in total. The predicted octanol–water partition coefficient (Wildman–Crippen LogP) is 2.48. The summed E-state index contributed by atoms with van der Waals surface area (Å²) in [6.07, 6.45) is 0. The maximum atomic E-state index is 11.6. The third kappa shape index (κ3) is 7.60. The van der Waals surface area contributed by atoms with Crippen LogP contribution in [0.25, 0.3) is 0 Å². The molecule has 0 aliphatic carbocycles. The van der Waals surface area contributed by atoms with E-state index in [0.717, 1.165) is 25.2 Å². The second-order valence-electron chi connectivity index (χ2n) is 4.48. The first-order chi connectivity index (χ1) is 10.2. The third-order valence-electron chi connectivity index (χ3n) is 3.03. The maximum absolute atomic E-state index is 11.6. The van der Waals surface area contributed by atoms with Crippen molar-refractivity contribution in [2.24, 2.45) is 0 Å². The van der Waals surface area contributed by atoms with E-state index < -0.39 is 0 Å². The number of amides is 2. The Kier molecular flexibility index (Phi) is 8.34. The highest BCUT2D eigenvalue weighted by atomic mass is 35.5. The molecule has 1 rings (SSSR count). The molecule has 0 saturated carbocycles. The second-order valence-corrected chi connectivity index (χ2v) is 4.91. The molecule has 0 radical (unpaired) electrons. The summed E-state index contributed by atoms with van der Waals surface area (Å²) in [5.74, 6) is 5.98. The van der Waals surface area contributed by atoms with Gasteiger partial charge in [0.05, 0.1) is 13.1 Å². The van der Waals surface area contributed by atoms with Gasteiger partial charge in [0.2, 0.25) is 0 Å². The second kappa shape index (κ2) is 10.1. The monoisotopic (exact) mass is 307 g/mol. The van der Waals surface area contributed by atoms with E-state index in [-0.39, 0.29) is 6.03 Å². The largest absolute Gasteiger partial charge is 0.334 e. The van der Waals surface area contributed by atoms with Crippen molar-refractivity contribution in [2.45, 2.75) is 20.4 Å². The van der Waals surface area contributed by atoms with Crippen LogP contribution in [0.15, 0.2) is 24.3 Å². The first-order valence-electron chi connectivity index (χ1n) is 7.10. The Morgan fingerprint density at radius 2 is 1.81 bits per heavy atom. The quantitative estimate of drug-likeness (QED) is 0.793. The minimum Gasteiger partial charge on any atom is -0.334 e. The van der Waals surface area contributed by atoms with E-state index in [1.165, 1.54) is 0 Å². The van der Waals surface area contributed by atoms with E-state index in [9.17, 15) is 4.79 Å². The first kappa shape index (κ1) is 17.4. The molecule has 0 spiro atoms. The lowest BCUT2D eigenvalue weighted by Crippen LogP contribution is -2.35. The molecule has 2 N–H and O–H groups in total. The van der Waals surface area contributed by atoms with Crippen molar-refractivity contribution in [2.75, 3.05) is 26.2 Å². The molecule has 1 aromatic rings. The van der Waals surface area contributed by atoms with Gasteiger partial charge in [0, 0.05) is 11.6 Å². The molecule has 5 heteroatoms. The number of hydrogen-bond donors (Lipinski definition) is 2. The number of halogens is 1. The Balaban J connectivity index is 2.19. The van der Waals surface area contributed by atoms with Crippen LogP contribution < -0.4 is 10.6 Å². The Bertz CT molecular complexity index is 486. The normalized spacial score (nSPS) is 9.90. The van der Waals surface area contributed by atoms with Crippen molar-refractivity contribution in [1.82, 2.24) is 15.5 Å². The van der Waals surface area contributed by atoms with Crippen LogP contribution in [0.5, 0.6) is 0 Å². The minimum absolute atomic E-state index is 0.220. The zero-order valence-electron chi connectivity index (χ0n) is 12.6. The van der Waals surface area contributed by atoms with Crippen LogP contribution in [0, 0.1) is 11.8 Å². The molecule has 0 bridgehead atoms. The summed E-state index contributed by atoms with van der Waals surface area (Å²) in [5, 5.41) is 6.16. The van der Waals surface area contributed by atoms with Crippen molar-refractivity contribution in [3.63, 3.8) is 0 Å². The summed E-state index contributed by atoms with van der Waals surface area (Å²) in [5.41, 5.74) is 1.00. The number of nitrogens with one attached hydrogen (secondary N) is 2. The molecule has 0 fully saturated rings. The molecular weight excluding hydrogens is 286 g/mol. The summed E-state index contributed by atoms with van der Waals surface area (Å²) in [4.78, 5) is 13.8. The number of hydrogen-bond acceptors (Lipinski definition) is 2. The van der Waals surface area contributed by atoms with E-state index >= 15 is 0 Å². The van der Waals surface area contributed by atoms with E-state index in [1.54, 1.807) is 12.1 Å². The van der Waals surface area contributed by atoms with Crippen LogP contribution in [-0.2, 0) is 6.54 Å². The van der Waals surface area contributed by atoms with Gasteiger partial charge in [-0.25, -0.2) is 4.79 Å². The summed E-state index contributed by atoms with van der Waals surface area (Å²) in [6.45, 7) is 7.74. The smallest absolute Gasteiger partial charge is 0.315 e. The fraction of sp³-hybridized carbons (Fsp3) is 0.438. The molecule has 2 amide bonds. The van der Waals surface area contributed by atoms with Gasteiger partial charge in [0.1, 0.15) is 0 Å². The molecule has 114 valence electrons. The molecule has 0 unspecified atom stereocenters. The SMILES string of the molecule is CCN(CC)CC#CCNC(=O)NCc1ccc(Cl)cc1. The van der Waals surface area contributed by atoms with E-state index in [2.05, 4.69) is 41.2 Å². The van der Waals surface area contributed by atoms with Crippen molar-refractivity contribution in [1.29, 1.82) is 0 Å². The Morgan fingerprint density at radius 3 is 2.43 bits per heavy atom. The fourth-order valence-electron chi connectivity index (χ4n) is 1.65. The van der Waals surface area contributed by atoms with E-state index in [1.807, 2.05) is 12.1 Å². The van der Waals surface area contributed by atoms with Crippen molar-refractivity contribution in [3.05, 3.63) is 34.9 Å². The van der Waals surface area contributed by atoms with Gasteiger partial charge in [-0.3, -0.25) is 4.90 Å². The van der Waals surface area contributed by atoms with Gasteiger partial charge >= 0.3 is 6.03 Å².